The van der Waals surface area contributed by atoms with Gasteiger partial charge in [0, 0.05) is 58.9 Å². The molecule has 47 heavy (non-hydrogen) atoms. The predicted molar refractivity (Wildman–Crippen MR) is 187 cm³/mol. The molecule has 3 aliphatic heterocycles. The van der Waals surface area contributed by atoms with Gasteiger partial charge in [0.05, 0.1) is 30.1 Å². The first kappa shape index (κ1) is 29.8. The van der Waals surface area contributed by atoms with Gasteiger partial charge < -0.3 is 24.4 Å². The van der Waals surface area contributed by atoms with Gasteiger partial charge in [-0.1, -0.05) is 42.5 Å². The topological polar surface area (TPSA) is 91.7 Å². The molecule has 4 aromatic carbocycles. The van der Waals surface area contributed by atoms with Crippen molar-refractivity contribution in [2.75, 3.05) is 31.0 Å². The number of alkyl halides is 1. The van der Waals surface area contributed by atoms with Crippen LogP contribution in [0.1, 0.15) is 56.3 Å². The Balaban J connectivity index is 1.16. The van der Waals surface area contributed by atoms with Crippen molar-refractivity contribution < 1.29 is 24.2 Å². The number of hydrogen-bond donors (Lipinski definition) is 1. The minimum Gasteiger partial charge on any atom is -0.507 e. The summed E-state index contributed by atoms with van der Waals surface area (Å²) in [4.78, 5) is 36.9. The summed E-state index contributed by atoms with van der Waals surface area (Å²) in [6.45, 7) is 1.21. The molecule has 0 saturated carbocycles. The molecule has 1 saturated heterocycles. The number of halogens is 1. The van der Waals surface area contributed by atoms with E-state index in [1.165, 1.54) is 11.3 Å². The lowest BCUT2D eigenvalue weighted by atomic mass is 9.95. The number of benzene rings is 4. The van der Waals surface area contributed by atoms with Crippen molar-refractivity contribution in [1.82, 2.24) is 4.90 Å². The minimum absolute atomic E-state index is 0.0150. The lowest BCUT2D eigenvalue weighted by Gasteiger charge is -2.32. The first-order valence-electron chi connectivity index (χ1n) is 15.8. The van der Waals surface area contributed by atoms with Crippen LogP contribution in [0.15, 0.2) is 71.7 Å². The van der Waals surface area contributed by atoms with E-state index < -0.39 is 0 Å². The summed E-state index contributed by atoms with van der Waals surface area (Å²) in [7, 11) is 1.55. The molecule has 2 atom stereocenters. The Hall–Kier alpha value is -4.60. The Kier molecular flexibility index (Phi) is 7.53. The summed E-state index contributed by atoms with van der Waals surface area (Å²) in [5, 5.41) is 13.5. The number of methoxy groups -OCH3 is 1. The number of aliphatic imine (C=N–C) groups is 1. The Morgan fingerprint density at radius 2 is 1.83 bits per heavy atom. The van der Waals surface area contributed by atoms with E-state index in [0.717, 1.165) is 51.2 Å². The van der Waals surface area contributed by atoms with Crippen molar-refractivity contribution >= 4 is 73.2 Å². The Morgan fingerprint density at radius 3 is 2.64 bits per heavy atom. The van der Waals surface area contributed by atoms with Gasteiger partial charge in [-0.15, -0.1) is 22.9 Å². The van der Waals surface area contributed by atoms with Crippen LogP contribution in [0.5, 0.6) is 17.2 Å². The van der Waals surface area contributed by atoms with Crippen LogP contribution in [0.4, 0.5) is 11.4 Å². The van der Waals surface area contributed by atoms with Crippen LogP contribution in [0.2, 0.25) is 0 Å². The highest BCUT2D eigenvalue weighted by molar-refractivity contribution is 7.21. The molecule has 4 heterocycles. The van der Waals surface area contributed by atoms with Gasteiger partial charge in [-0.2, -0.15) is 0 Å². The summed E-state index contributed by atoms with van der Waals surface area (Å²) in [6, 6.07) is 20.7. The molecule has 238 valence electrons. The third kappa shape index (κ3) is 4.91. The summed E-state index contributed by atoms with van der Waals surface area (Å²) in [5.41, 5.74) is 3.43. The molecular formula is C37H32ClN3O5S. The molecule has 1 N–H and O–H groups in total. The fourth-order valence-corrected chi connectivity index (χ4v) is 8.63. The van der Waals surface area contributed by atoms with E-state index in [1.54, 1.807) is 30.2 Å². The van der Waals surface area contributed by atoms with Crippen LogP contribution >= 0.6 is 22.9 Å². The third-order valence-electron chi connectivity index (χ3n) is 9.55. The largest absolute Gasteiger partial charge is 0.507 e. The molecule has 10 heteroatoms. The number of carbonyl (C=O) groups excluding carboxylic acids is 2. The maximum atomic E-state index is 14.5. The average Bonchev–Trinajstić information content (AvgIpc) is 3.63. The van der Waals surface area contributed by atoms with E-state index in [1.807, 2.05) is 59.6 Å². The Bertz CT molecular complexity index is 2110. The number of amides is 2. The molecule has 3 aliphatic rings. The molecule has 1 aromatic heterocycles. The number of hydrogen-bond acceptors (Lipinski definition) is 7. The number of piperidine rings is 1. The highest BCUT2D eigenvalue weighted by Crippen LogP contribution is 2.47. The van der Waals surface area contributed by atoms with Gasteiger partial charge in [-0.05, 0) is 47.7 Å². The normalized spacial score (nSPS) is 18.6. The molecule has 2 amide bonds. The number of thiophene rings is 1. The second kappa shape index (κ2) is 11.9. The Morgan fingerprint density at radius 1 is 1.04 bits per heavy atom. The van der Waals surface area contributed by atoms with Crippen molar-refractivity contribution in [3.63, 3.8) is 0 Å². The average molecular weight is 666 g/mol. The highest BCUT2D eigenvalue weighted by Gasteiger charge is 2.37. The standard InChI is InChI=1S/C37H32ClN3O5S/c1-45-31-14-26-28(39-18-22-8-6-7-13-40(22)36(26)43)15-32(31)46-20-27-24-10-4-5-12-33(24)47-35(27)37(44)41-19-21(17-38)34-25-11-3-2-9-23(25)30(42)16-29(34)41/h2-5,9-12,14-16,18,21-22,42H,6-8,13,17,19-20H2,1H3/t21-,22+/m1/s1. The van der Waals surface area contributed by atoms with Crippen LogP contribution in [0, 0.1) is 0 Å². The van der Waals surface area contributed by atoms with E-state index in [-0.39, 0.29) is 36.1 Å². The van der Waals surface area contributed by atoms with Gasteiger partial charge in [-0.25, -0.2) is 0 Å². The van der Waals surface area contributed by atoms with E-state index >= 15 is 0 Å². The zero-order valence-electron chi connectivity index (χ0n) is 25.7. The second-order valence-electron chi connectivity index (χ2n) is 12.2. The molecule has 0 spiro atoms. The van der Waals surface area contributed by atoms with Crippen molar-refractivity contribution in [1.29, 1.82) is 0 Å². The lowest BCUT2D eigenvalue weighted by molar-refractivity contribution is 0.0687. The van der Waals surface area contributed by atoms with E-state index in [0.29, 0.717) is 52.3 Å². The van der Waals surface area contributed by atoms with Crippen LogP contribution in [-0.4, -0.2) is 60.2 Å². The van der Waals surface area contributed by atoms with Crippen LogP contribution in [0.3, 0.4) is 0 Å². The zero-order chi connectivity index (χ0) is 32.2. The zero-order valence-corrected chi connectivity index (χ0v) is 27.3. The van der Waals surface area contributed by atoms with Crippen molar-refractivity contribution in [3.8, 4) is 17.2 Å². The van der Waals surface area contributed by atoms with Gasteiger partial charge in [-0.3, -0.25) is 14.6 Å². The maximum absolute atomic E-state index is 14.5. The van der Waals surface area contributed by atoms with Gasteiger partial charge in [0.15, 0.2) is 11.5 Å². The molecule has 0 unspecified atom stereocenters. The van der Waals surface area contributed by atoms with E-state index in [9.17, 15) is 14.7 Å². The highest BCUT2D eigenvalue weighted by atomic mass is 35.5. The summed E-state index contributed by atoms with van der Waals surface area (Å²) in [6.07, 6.45) is 4.81. The number of aromatic hydroxyl groups is 1. The lowest BCUT2D eigenvalue weighted by Crippen LogP contribution is -2.43. The van der Waals surface area contributed by atoms with Gasteiger partial charge >= 0.3 is 0 Å². The van der Waals surface area contributed by atoms with E-state index in [2.05, 4.69) is 0 Å². The quantitative estimate of drug-likeness (QED) is 0.185. The molecule has 1 fully saturated rings. The number of rotatable bonds is 6. The third-order valence-corrected chi connectivity index (χ3v) is 11.1. The van der Waals surface area contributed by atoms with Gasteiger partial charge in [0.25, 0.3) is 11.8 Å². The SMILES string of the molecule is COc1cc2c(cc1OCc1c(C(=O)N3C[C@@H](CCl)c4c3cc(O)c3ccccc43)sc3ccccc13)N=C[C@@H]1CCCCN1C2=O. The predicted octanol–water partition coefficient (Wildman–Crippen LogP) is 8.04. The van der Waals surface area contributed by atoms with E-state index in [4.69, 9.17) is 26.1 Å². The maximum Gasteiger partial charge on any atom is 0.268 e. The first-order chi connectivity index (χ1) is 23.0. The number of carbonyl (C=O) groups is 2. The van der Waals surface area contributed by atoms with Gasteiger partial charge in [0.1, 0.15) is 17.2 Å². The minimum atomic E-state index is -0.172. The molecule has 8 rings (SSSR count). The van der Waals surface area contributed by atoms with Crippen molar-refractivity contribution in [2.45, 2.75) is 37.8 Å². The summed E-state index contributed by atoms with van der Waals surface area (Å²) >= 11 is 7.90. The smallest absolute Gasteiger partial charge is 0.268 e. The number of phenols is 1. The number of phenolic OH excluding ortho intramolecular Hbond substituents is 1. The molecule has 0 aliphatic carbocycles. The summed E-state index contributed by atoms with van der Waals surface area (Å²) < 4.78 is 13.1. The van der Waals surface area contributed by atoms with Crippen LogP contribution in [0.25, 0.3) is 20.9 Å². The molecule has 0 bridgehead atoms. The number of fused-ring (bicyclic) bond motifs is 6. The Labute approximate surface area is 280 Å². The second-order valence-corrected chi connectivity index (χ2v) is 13.6. The number of ether oxygens (including phenoxy) is 2. The number of nitrogens with zero attached hydrogens (tertiary/aromatic N) is 3. The van der Waals surface area contributed by atoms with Crippen LogP contribution < -0.4 is 14.4 Å². The molecule has 0 radical (unpaired) electrons. The number of anilines is 1. The van der Waals surface area contributed by atoms with Crippen molar-refractivity contribution in [2.24, 2.45) is 4.99 Å². The molecule has 5 aromatic rings. The fourth-order valence-electron chi connectivity index (χ4n) is 7.22. The first-order valence-corrected chi connectivity index (χ1v) is 17.1. The van der Waals surface area contributed by atoms with Crippen LogP contribution in [-0.2, 0) is 6.61 Å². The molecular weight excluding hydrogens is 634 g/mol. The van der Waals surface area contributed by atoms with Crippen molar-refractivity contribution in [3.05, 3.63) is 88.3 Å². The van der Waals surface area contributed by atoms with Gasteiger partial charge in [0.2, 0.25) is 0 Å². The summed E-state index contributed by atoms with van der Waals surface area (Å²) in [5.74, 6) is 1.03. The molecule has 8 nitrogen and oxygen atoms in total. The fraction of sp³-hybridized carbons (Fsp3) is 0.270. The monoisotopic (exact) mass is 665 g/mol.